The summed E-state index contributed by atoms with van der Waals surface area (Å²) in [5, 5.41) is 9.22. The number of allylic oxidation sites excluding steroid dienone is 1. The second-order valence-electron chi connectivity index (χ2n) is 5.30. The van der Waals surface area contributed by atoms with Gasteiger partial charge >= 0.3 is 5.97 Å². The number of hydrogen-bond acceptors (Lipinski definition) is 4. The molecule has 0 fully saturated rings. The first-order valence-corrected chi connectivity index (χ1v) is 6.42. The van der Waals surface area contributed by atoms with Crippen molar-refractivity contribution in [3.8, 4) is 0 Å². The zero-order chi connectivity index (χ0) is 13.2. The molecule has 1 atom stereocenters. The molecule has 0 saturated heterocycles. The number of aliphatic hydroxyl groups is 1. The zero-order valence-electron chi connectivity index (χ0n) is 10.9. The first-order chi connectivity index (χ1) is 8.54. The number of cyclic esters (lactones) is 1. The van der Waals surface area contributed by atoms with Crippen LogP contribution in [0, 0.1) is 5.92 Å². The summed E-state index contributed by atoms with van der Waals surface area (Å²) in [5.41, 5.74) is -0.521. The van der Waals surface area contributed by atoms with E-state index in [0.717, 1.165) is 12.8 Å². The molecule has 4 nitrogen and oxygen atoms in total. The summed E-state index contributed by atoms with van der Waals surface area (Å²) in [6, 6.07) is 0. The van der Waals surface area contributed by atoms with E-state index < -0.39 is 11.6 Å². The van der Waals surface area contributed by atoms with Gasteiger partial charge in [-0.1, -0.05) is 12.2 Å². The van der Waals surface area contributed by atoms with Crippen LogP contribution in [0.15, 0.2) is 23.5 Å². The summed E-state index contributed by atoms with van der Waals surface area (Å²) < 4.78 is 10.9. The van der Waals surface area contributed by atoms with Gasteiger partial charge in [0.25, 0.3) is 0 Å². The second kappa shape index (κ2) is 5.14. The smallest absolute Gasteiger partial charge is 0.340 e. The van der Waals surface area contributed by atoms with E-state index >= 15 is 0 Å². The van der Waals surface area contributed by atoms with E-state index in [2.05, 4.69) is 12.2 Å². The first-order valence-electron chi connectivity index (χ1n) is 6.42. The Morgan fingerprint density at radius 1 is 1.56 bits per heavy atom. The molecule has 0 bridgehead atoms. The highest BCUT2D eigenvalue weighted by atomic mass is 16.6. The topological polar surface area (TPSA) is 55.8 Å². The van der Waals surface area contributed by atoms with Crippen molar-refractivity contribution in [1.82, 2.24) is 0 Å². The summed E-state index contributed by atoms with van der Waals surface area (Å²) >= 11 is 0. The Morgan fingerprint density at radius 2 is 2.33 bits per heavy atom. The fourth-order valence-corrected chi connectivity index (χ4v) is 2.41. The quantitative estimate of drug-likeness (QED) is 0.613. The monoisotopic (exact) mass is 252 g/mol. The van der Waals surface area contributed by atoms with Gasteiger partial charge in [-0.2, -0.15) is 0 Å². The number of hydrogen-bond donors (Lipinski definition) is 1. The van der Waals surface area contributed by atoms with Gasteiger partial charge in [0.05, 0.1) is 13.2 Å². The molecule has 2 aliphatic rings. The lowest BCUT2D eigenvalue weighted by Crippen LogP contribution is -2.26. The summed E-state index contributed by atoms with van der Waals surface area (Å²) in [6.45, 7) is 3.76. The zero-order valence-corrected chi connectivity index (χ0v) is 10.9. The summed E-state index contributed by atoms with van der Waals surface area (Å²) in [5.74, 6) is 0.392. The van der Waals surface area contributed by atoms with E-state index in [1.54, 1.807) is 13.8 Å². The average Bonchev–Trinajstić information content (AvgIpc) is 2.56. The highest BCUT2D eigenvalue weighted by Gasteiger charge is 2.42. The van der Waals surface area contributed by atoms with E-state index in [4.69, 9.17) is 9.47 Å². The van der Waals surface area contributed by atoms with Gasteiger partial charge in [-0.15, -0.1) is 0 Å². The van der Waals surface area contributed by atoms with Gasteiger partial charge in [0, 0.05) is 5.92 Å². The van der Waals surface area contributed by atoms with Crippen LogP contribution in [-0.2, 0) is 14.3 Å². The molecule has 4 heteroatoms. The number of aliphatic hydroxyl groups excluding tert-OH is 1. The molecule has 2 rings (SSSR count). The van der Waals surface area contributed by atoms with Crippen LogP contribution in [0.2, 0.25) is 0 Å². The highest BCUT2D eigenvalue weighted by Crippen LogP contribution is 2.33. The predicted octanol–water partition coefficient (Wildman–Crippen LogP) is 1.94. The van der Waals surface area contributed by atoms with E-state index in [-0.39, 0.29) is 12.2 Å². The lowest BCUT2D eigenvalue weighted by molar-refractivity contribution is -0.146. The van der Waals surface area contributed by atoms with Gasteiger partial charge in [0.2, 0.25) is 0 Å². The molecule has 0 spiro atoms. The van der Waals surface area contributed by atoms with Crippen LogP contribution in [0.25, 0.3) is 0 Å². The van der Waals surface area contributed by atoms with Crippen molar-refractivity contribution in [2.75, 3.05) is 13.2 Å². The van der Waals surface area contributed by atoms with Crippen LogP contribution in [0.1, 0.15) is 33.1 Å². The van der Waals surface area contributed by atoms with Crippen molar-refractivity contribution in [2.45, 2.75) is 38.7 Å². The molecule has 18 heavy (non-hydrogen) atoms. The predicted molar refractivity (Wildman–Crippen MR) is 66.7 cm³/mol. The third kappa shape index (κ3) is 2.58. The Kier molecular flexibility index (Phi) is 3.76. The van der Waals surface area contributed by atoms with Gasteiger partial charge in [0.1, 0.15) is 5.57 Å². The number of rotatable bonds is 4. The number of esters is 1. The van der Waals surface area contributed by atoms with Crippen LogP contribution in [0.4, 0.5) is 0 Å². The van der Waals surface area contributed by atoms with Crippen LogP contribution in [0.5, 0.6) is 0 Å². The summed E-state index contributed by atoms with van der Waals surface area (Å²) in [7, 11) is 0. The molecule has 1 heterocycles. The molecule has 0 saturated carbocycles. The normalized spacial score (nSPS) is 26.4. The standard InChI is InChI=1S/C14H20O4/c1-14(2)12(11(8-15)13(16)18-14)17-9-10-6-4-3-5-7-10/h4,6,10,15H,3,5,7-9H2,1-2H3. The molecule has 0 amide bonds. The summed E-state index contributed by atoms with van der Waals surface area (Å²) in [6.07, 6.45) is 7.74. The van der Waals surface area contributed by atoms with Gasteiger partial charge < -0.3 is 14.6 Å². The van der Waals surface area contributed by atoms with Crippen molar-refractivity contribution >= 4 is 5.97 Å². The van der Waals surface area contributed by atoms with Gasteiger partial charge in [-0.25, -0.2) is 4.79 Å². The minimum absolute atomic E-state index is 0.250. The lowest BCUT2D eigenvalue weighted by Gasteiger charge is -2.24. The molecular weight excluding hydrogens is 232 g/mol. The highest BCUT2D eigenvalue weighted by molar-refractivity contribution is 5.92. The van der Waals surface area contributed by atoms with Gasteiger partial charge in [0.15, 0.2) is 11.4 Å². The van der Waals surface area contributed by atoms with Crippen LogP contribution >= 0.6 is 0 Å². The van der Waals surface area contributed by atoms with Crippen molar-refractivity contribution in [3.63, 3.8) is 0 Å². The Bertz CT molecular complexity index is 393. The maximum absolute atomic E-state index is 11.5. The molecule has 0 aromatic heterocycles. The third-order valence-corrected chi connectivity index (χ3v) is 3.37. The number of carbonyl (C=O) groups excluding carboxylic acids is 1. The van der Waals surface area contributed by atoms with E-state index in [1.165, 1.54) is 6.42 Å². The maximum Gasteiger partial charge on any atom is 0.340 e. The van der Waals surface area contributed by atoms with Crippen molar-refractivity contribution in [2.24, 2.45) is 5.92 Å². The van der Waals surface area contributed by atoms with Gasteiger partial charge in [-0.3, -0.25) is 0 Å². The number of ether oxygens (including phenoxy) is 2. The molecule has 1 N–H and O–H groups in total. The lowest BCUT2D eigenvalue weighted by atomic mass is 9.96. The van der Waals surface area contributed by atoms with E-state index in [9.17, 15) is 9.90 Å². The van der Waals surface area contributed by atoms with Crippen LogP contribution < -0.4 is 0 Å². The fourth-order valence-electron chi connectivity index (χ4n) is 2.41. The molecule has 1 unspecified atom stereocenters. The summed E-state index contributed by atoms with van der Waals surface area (Å²) in [4.78, 5) is 11.5. The molecule has 1 aliphatic heterocycles. The molecule has 1 aliphatic carbocycles. The Balaban J connectivity index is 2.05. The van der Waals surface area contributed by atoms with Crippen LogP contribution in [-0.4, -0.2) is 29.9 Å². The largest absolute Gasteiger partial charge is 0.492 e. The molecule has 100 valence electrons. The van der Waals surface area contributed by atoms with Crippen molar-refractivity contribution < 1.29 is 19.4 Å². The first kappa shape index (κ1) is 13.1. The van der Waals surface area contributed by atoms with Crippen molar-refractivity contribution in [1.29, 1.82) is 0 Å². The Morgan fingerprint density at radius 3 is 2.94 bits per heavy atom. The minimum atomic E-state index is -0.770. The molecular formula is C14H20O4. The SMILES string of the molecule is CC1(C)OC(=O)C(CO)=C1OCC1C=CCCC1. The Hall–Kier alpha value is -1.29. The molecule has 0 radical (unpaired) electrons. The molecule has 0 aromatic rings. The second-order valence-corrected chi connectivity index (χ2v) is 5.30. The molecule has 0 aromatic carbocycles. The van der Waals surface area contributed by atoms with Crippen LogP contribution in [0.3, 0.4) is 0 Å². The Labute approximate surface area is 107 Å². The average molecular weight is 252 g/mol. The maximum atomic E-state index is 11.5. The fraction of sp³-hybridized carbons (Fsp3) is 0.643. The van der Waals surface area contributed by atoms with E-state index in [0.29, 0.717) is 18.3 Å². The van der Waals surface area contributed by atoms with Crippen molar-refractivity contribution in [3.05, 3.63) is 23.5 Å². The minimum Gasteiger partial charge on any atom is -0.492 e. The van der Waals surface area contributed by atoms with E-state index in [1.807, 2.05) is 0 Å². The number of carbonyl (C=O) groups is 1. The third-order valence-electron chi connectivity index (χ3n) is 3.37. The van der Waals surface area contributed by atoms with Gasteiger partial charge in [-0.05, 0) is 33.1 Å².